The molecular formula is C19H22ClNO2. The van der Waals surface area contributed by atoms with Gasteiger partial charge in [-0.05, 0) is 35.4 Å². The van der Waals surface area contributed by atoms with Crippen molar-refractivity contribution in [2.75, 3.05) is 13.7 Å². The number of nitrogens with one attached hydrogen (secondary N) is 1. The monoisotopic (exact) mass is 331 g/mol. The molecule has 0 bridgehead atoms. The fourth-order valence-electron chi connectivity index (χ4n) is 2.31. The summed E-state index contributed by atoms with van der Waals surface area (Å²) in [5, 5.41) is 3.69. The molecule has 0 fully saturated rings. The van der Waals surface area contributed by atoms with Crippen molar-refractivity contribution < 1.29 is 9.53 Å². The molecule has 0 spiro atoms. The van der Waals surface area contributed by atoms with Gasteiger partial charge in [0.05, 0.1) is 13.5 Å². The molecule has 1 N–H and O–H groups in total. The summed E-state index contributed by atoms with van der Waals surface area (Å²) in [5.41, 5.74) is 1.96. The predicted octanol–water partition coefficient (Wildman–Crippen LogP) is 3.99. The molecule has 0 saturated heterocycles. The van der Waals surface area contributed by atoms with Crippen molar-refractivity contribution in [3.8, 4) is 5.75 Å². The van der Waals surface area contributed by atoms with E-state index >= 15 is 0 Å². The van der Waals surface area contributed by atoms with Crippen LogP contribution >= 0.6 is 11.6 Å². The maximum Gasteiger partial charge on any atom is 0.224 e. The van der Waals surface area contributed by atoms with E-state index in [-0.39, 0.29) is 11.3 Å². The van der Waals surface area contributed by atoms with Gasteiger partial charge in [0.25, 0.3) is 0 Å². The summed E-state index contributed by atoms with van der Waals surface area (Å²) >= 11 is 5.85. The molecule has 0 radical (unpaired) electrons. The molecule has 2 rings (SSSR count). The lowest BCUT2D eigenvalue weighted by molar-refractivity contribution is -0.120. The van der Waals surface area contributed by atoms with Gasteiger partial charge in [-0.25, -0.2) is 0 Å². The molecule has 0 saturated carbocycles. The van der Waals surface area contributed by atoms with E-state index in [0.29, 0.717) is 18.0 Å². The molecule has 0 aliphatic rings. The van der Waals surface area contributed by atoms with Crippen molar-refractivity contribution in [2.45, 2.75) is 25.7 Å². The van der Waals surface area contributed by atoms with Gasteiger partial charge < -0.3 is 10.1 Å². The van der Waals surface area contributed by atoms with Crippen molar-refractivity contribution in [1.82, 2.24) is 5.32 Å². The van der Waals surface area contributed by atoms with Gasteiger partial charge in [0, 0.05) is 17.0 Å². The fourth-order valence-corrected chi connectivity index (χ4v) is 2.44. The molecular weight excluding hydrogens is 310 g/mol. The van der Waals surface area contributed by atoms with E-state index in [9.17, 15) is 4.79 Å². The minimum atomic E-state index is -0.151. The molecule has 4 heteroatoms. The van der Waals surface area contributed by atoms with Crippen molar-refractivity contribution in [2.24, 2.45) is 0 Å². The number of carbonyl (C=O) groups is 1. The van der Waals surface area contributed by atoms with Crippen LogP contribution < -0.4 is 10.1 Å². The summed E-state index contributed by atoms with van der Waals surface area (Å²) in [7, 11) is 1.65. The van der Waals surface area contributed by atoms with Gasteiger partial charge in [0.1, 0.15) is 5.75 Å². The molecule has 0 atom stereocenters. The number of carbonyl (C=O) groups excluding carboxylic acids is 1. The van der Waals surface area contributed by atoms with Gasteiger partial charge in [-0.2, -0.15) is 0 Å². The van der Waals surface area contributed by atoms with E-state index in [0.717, 1.165) is 16.9 Å². The standard InChI is InChI=1S/C19H22ClNO2/c1-19(2,15-6-10-17(23-3)11-7-15)13-21-18(22)12-14-4-8-16(20)9-5-14/h4-11H,12-13H2,1-3H3,(H,21,22). The lowest BCUT2D eigenvalue weighted by Gasteiger charge is -2.26. The largest absolute Gasteiger partial charge is 0.497 e. The summed E-state index contributed by atoms with van der Waals surface area (Å²) in [5.74, 6) is 0.838. The van der Waals surface area contributed by atoms with E-state index in [4.69, 9.17) is 16.3 Å². The number of ether oxygens (including phenoxy) is 1. The zero-order valence-corrected chi connectivity index (χ0v) is 14.5. The van der Waals surface area contributed by atoms with Crippen LogP contribution in [0.2, 0.25) is 5.02 Å². The highest BCUT2D eigenvalue weighted by molar-refractivity contribution is 6.30. The smallest absolute Gasteiger partial charge is 0.224 e. The van der Waals surface area contributed by atoms with E-state index in [1.807, 2.05) is 36.4 Å². The van der Waals surface area contributed by atoms with Crippen molar-refractivity contribution >= 4 is 17.5 Å². The zero-order chi connectivity index (χ0) is 16.9. The van der Waals surface area contributed by atoms with Crippen LogP contribution in [0.3, 0.4) is 0 Å². The molecule has 122 valence electrons. The van der Waals surface area contributed by atoms with Gasteiger partial charge in [0.15, 0.2) is 0 Å². The Morgan fingerprint density at radius 1 is 1.09 bits per heavy atom. The maximum absolute atomic E-state index is 12.1. The predicted molar refractivity (Wildman–Crippen MR) is 94.2 cm³/mol. The summed E-state index contributed by atoms with van der Waals surface area (Å²) in [4.78, 5) is 12.1. The second-order valence-corrected chi connectivity index (χ2v) is 6.63. The SMILES string of the molecule is COc1ccc(C(C)(C)CNC(=O)Cc2ccc(Cl)cc2)cc1. The second kappa shape index (κ2) is 7.51. The first-order chi connectivity index (χ1) is 10.9. The number of rotatable bonds is 6. The number of amides is 1. The van der Waals surface area contributed by atoms with Crippen LogP contribution in [-0.4, -0.2) is 19.6 Å². The Morgan fingerprint density at radius 2 is 1.70 bits per heavy atom. The number of halogens is 1. The van der Waals surface area contributed by atoms with E-state index < -0.39 is 0 Å². The lowest BCUT2D eigenvalue weighted by Crippen LogP contribution is -2.37. The molecule has 0 unspecified atom stereocenters. The van der Waals surface area contributed by atoms with E-state index in [1.54, 1.807) is 19.2 Å². The van der Waals surface area contributed by atoms with Crippen molar-refractivity contribution in [3.63, 3.8) is 0 Å². The van der Waals surface area contributed by atoms with Crippen molar-refractivity contribution in [3.05, 3.63) is 64.7 Å². The van der Waals surface area contributed by atoms with Crippen LogP contribution in [0.4, 0.5) is 0 Å². The summed E-state index contributed by atoms with van der Waals surface area (Å²) in [6.45, 7) is 4.79. The van der Waals surface area contributed by atoms with Crippen LogP contribution in [0, 0.1) is 0 Å². The number of benzene rings is 2. The Bertz CT molecular complexity index is 648. The minimum absolute atomic E-state index is 0.00825. The fraction of sp³-hybridized carbons (Fsp3) is 0.316. The number of hydrogen-bond donors (Lipinski definition) is 1. The molecule has 23 heavy (non-hydrogen) atoms. The molecule has 1 amide bonds. The summed E-state index contributed by atoms with van der Waals surface area (Å²) in [6.07, 6.45) is 0.357. The second-order valence-electron chi connectivity index (χ2n) is 6.19. The average Bonchev–Trinajstić information content (AvgIpc) is 2.55. The molecule has 2 aromatic rings. The molecule has 2 aromatic carbocycles. The molecule has 0 aliphatic carbocycles. The van der Waals surface area contributed by atoms with Gasteiger partial charge in [-0.3, -0.25) is 4.79 Å². The van der Waals surface area contributed by atoms with Crippen LogP contribution in [0.15, 0.2) is 48.5 Å². The Labute approximate surface area is 142 Å². The molecule has 3 nitrogen and oxygen atoms in total. The number of hydrogen-bond acceptors (Lipinski definition) is 2. The summed E-state index contributed by atoms with van der Waals surface area (Å²) in [6, 6.07) is 15.3. The molecule has 0 heterocycles. The third-order valence-corrected chi connectivity index (χ3v) is 4.13. The van der Waals surface area contributed by atoms with Crippen LogP contribution in [0.25, 0.3) is 0 Å². The minimum Gasteiger partial charge on any atom is -0.497 e. The van der Waals surface area contributed by atoms with Crippen molar-refractivity contribution in [1.29, 1.82) is 0 Å². The Kier molecular flexibility index (Phi) is 5.67. The van der Waals surface area contributed by atoms with Gasteiger partial charge in [-0.1, -0.05) is 49.7 Å². The third kappa shape index (κ3) is 5.00. The Hall–Kier alpha value is -2.00. The third-order valence-electron chi connectivity index (χ3n) is 3.88. The van der Waals surface area contributed by atoms with E-state index in [1.165, 1.54) is 0 Å². The summed E-state index contributed by atoms with van der Waals surface area (Å²) < 4.78 is 5.18. The first-order valence-corrected chi connectivity index (χ1v) is 7.94. The lowest BCUT2D eigenvalue weighted by atomic mass is 9.84. The van der Waals surface area contributed by atoms with Gasteiger partial charge in [-0.15, -0.1) is 0 Å². The van der Waals surface area contributed by atoms with Crippen LogP contribution in [0.1, 0.15) is 25.0 Å². The zero-order valence-electron chi connectivity index (χ0n) is 13.7. The highest BCUT2D eigenvalue weighted by atomic mass is 35.5. The first kappa shape index (κ1) is 17.4. The Morgan fingerprint density at radius 3 is 2.26 bits per heavy atom. The van der Waals surface area contributed by atoms with Gasteiger partial charge in [0.2, 0.25) is 5.91 Å². The molecule has 0 aromatic heterocycles. The topological polar surface area (TPSA) is 38.3 Å². The Balaban J connectivity index is 1.92. The highest BCUT2D eigenvalue weighted by Crippen LogP contribution is 2.24. The van der Waals surface area contributed by atoms with E-state index in [2.05, 4.69) is 19.2 Å². The normalized spacial score (nSPS) is 11.1. The first-order valence-electron chi connectivity index (χ1n) is 7.56. The molecule has 0 aliphatic heterocycles. The average molecular weight is 332 g/mol. The van der Waals surface area contributed by atoms with Crippen LogP contribution in [0.5, 0.6) is 5.75 Å². The number of methoxy groups -OCH3 is 1. The van der Waals surface area contributed by atoms with Gasteiger partial charge >= 0.3 is 0 Å². The van der Waals surface area contributed by atoms with Crippen LogP contribution in [-0.2, 0) is 16.6 Å². The maximum atomic E-state index is 12.1. The highest BCUT2D eigenvalue weighted by Gasteiger charge is 2.21. The quantitative estimate of drug-likeness (QED) is 0.869.